The van der Waals surface area contributed by atoms with Gasteiger partial charge in [0.15, 0.2) is 5.13 Å². The van der Waals surface area contributed by atoms with Crippen molar-refractivity contribution in [3.8, 4) is 0 Å². The molecule has 2 heterocycles. The number of carbonyl (C=O) groups excluding carboxylic acids is 2. The van der Waals surface area contributed by atoms with Crippen molar-refractivity contribution in [2.45, 2.75) is 6.42 Å². The van der Waals surface area contributed by atoms with Crippen LogP contribution in [0.2, 0.25) is 0 Å². The number of benzene rings is 1. The quantitative estimate of drug-likeness (QED) is 0.366. The number of nitrogens with one attached hydrogen (secondary N) is 4. The summed E-state index contributed by atoms with van der Waals surface area (Å²) in [7, 11) is 1.84. The molecule has 0 radical (unpaired) electrons. The molecule has 28 heavy (non-hydrogen) atoms. The van der Waals surface area contributed by atoms with Crippen molar-refractivity contribution in [1.82, 2.24) is 20.6 Å². The van der Waals surface area contributed by atoms with E-state index in [4.69, 9.17) is 5.11 Å². The molecule has 0 unspecified atom stereocenters. The van der Waals surface area contributed by atoms with Gasteiger partial charge in [0.05, 0.1) is 0 Å². The molecule has 2 aromatic heterocycles. The van der Waals surface area contributed by atoms with Crippen LogP contribution in [0.4, 0.5) is 5.13 Å². The van der Waals surface area contributed by atoms with Gasteiger partial charge in [0, 0.05) is 28.4 Å². The zero-order chi connectivity index (χ0) is 20.1. The molecule has 0 saturated heterocycles. The minimum atomic E-state index is -1.07. The van der Waals surface area contributed by atoms with Crippen LogP contribution >= 0.6 is 11.3 Å². The van der Waals surface area contributed by atoms with Gasteiger partial charge in [-0.25, -0.2) is 9.78 Å². The lowest BCUT2D eigenvalue weighted by atomic mass is 10.1. The minimum absolute atomic E-state index is 0.0536. The molecular formula is C18H19N5O4S. The molecule has 5 N–H and O–H groups in total. The average molecular weight is 401 g/mol. The fourth-order valence-corrected chi connectivity index (χ4v) is 3.24. The number of carboxylic acid groups (broad SMARTS) is 1. The molecule has 10 heteroatoms. The Hall–Kier alpha value is -3.24. The van der Waals surface area contributed by atoms with Gasteiger partial charge in [-0.05, 0) is 44.3 Å². The molecule has 0 bridgehead atoms. The van der Waals surface area contributed by atoms with E-state index in [1.165, 1.54) is 6.07 Å². The Balaban J connectivity index is 1.64. The molecule has 2 amide bonds. The number of anilines is 1. The highest BCUT2D eigenvalue weighted by Gasteiger charge is 2.14. The smallest absolute Gasteiger partial charge is 0.352 e. The highest BCUT2D eigenvalue weighted by Crippen LogP contribution is 2.20. The van der Waals surface area contributed by atoms with Gasteiger partial charge in [0.25, 0.3) is 11.8 Å². The lowest BCUT2D eigenvalue weighted by molar-refractivity contribution is 0.0691. The van der Waals surface area contributed by atoms with E-state index in [0.29, 0.717) is 28.1 Å². The van der Waals surface area contributed by atoms with E-state index in [0.717, 1.165) is 24.3 Å². The Kier molecular flexibility index (Phi) is 6.02. The number of thiazole rings is 1. The highest BCUT2D eigenvalue weighted by molar-refractivity contribution is 7.14. The summed E-state index contributed by atoms with van der Waals surface area (Å²) in [6, 6.07) is 6.29. The third-order valence-corrected chi connectivity index (χ3v) is 4.72. The number of aromatic carboxylic acids is 1. The Bertz CT molecular complexity index is 1030. The van der Waals surface area contributed by atoms with Crippen molar-refractivity contribution in [1.29, 1.82) is 0 Å². The lowest BCUT2D eigenvalue weighted by Gasteiger charge is -2.03. The first-order valence-corrected chi connectivity index (χ1v) is 9.41. The van der Waals surface area contributed by atoms with Crippen LogP contribution in [0.3, 0.4) is 0 Å². The second-order valence-corrected chi connectivity index (χ2v) is 6.85. The summed E-state index contributed by atoms with van der Waals surface area (Å²) in [5, 5.41) is 20.0. The van der Waals surface area contributed by atoms with Gasteiger partial charge in [0.2, 0.25) is 0 Å². The fourth-order valence-electron chi connectivity index (χ4n) is 2.55. The average Bonchev–Trinajstić information content (AvgIpc) is 3.31. The molecule has 1 aromatic carbocycles. The van der Waals surface area contributed by atoms with Crippen LogP contribution in [0, 0.1) is 0 Å². The normalized spacial score (nSPS) is 10.8. The lowest BCUT2D eigenvalue weighted by Crippen LogP contribution is -2.26. The first-order valence-electron chi connectivity index (χ1n) is 8.53. The molecule has 0 aliphatic rings. The molecule has 0 spiro atoms. The van der Waals surface area contributed by atoms with E-state index in [2.05, 4.69) is 25.9 Å². The van der Waals surface area contributed by atoms with E-state index in [1.807, 2.05) is 7.05 Å². The van der Waals surface area contributed by atoms with Gasteiger partial charge in [0.1, 0.15) is 11.4 Å². The van der Waals surface area contributed by atoms with E-state index >= 15 is 0 Å². The number of carboxylic acids is 1. The van der Waals surface area contributed by atoms with Crippen molar-refractivity contribution in [3.05, 3.63) is 46.6 Å². The first kappa shape index (κ1) is 19.5. The number of carbonyl (C=O) groups is 3. The molecule has 0 aliphatic heterocycles. The fraction of sp³-hybridized carbons (Fsp3) is 0.222. The Morgan fingerprint density at radius 1 is 1.18 bits per heavy atom. The van der Waals surface area contributed by atoms with E-state index < -0.39 is 11.9 Å². The number of amides is 2. The highest BCUT2D eigenvalue weighted by atomic mass is 32.1. The SMILES string of the molecule is CNCCCNC(=O)c1csc(NC(=O)c2ccc3[nH]c(C(=O)O)cc3c2)n1. The summed E-state index contributed by atoms with van der Waals surface area (Å²) in [4.78, 5) is 42.4. The predicted molar refractivity (Wildman–Crippen MR) is 106 cm³/mol. The van der Waals surface area contributed by atoms with Gasteiger partial charge >= 0.3 is 5.97 Å². The zero-order valence-corrected chi connectivity index (χ0v) is 15.9. The van der Waals surface area contributed by atoms with Crippen LogP contribution in [0.5, 0.6) is 0 Å². The maximum atomic E-state index is 12.4. The van der Waals surface area contributed by atoms with Gasteiger partial charge in [-0.2, -0.15) is 0 Å². The molecular weight excluding hydrogens is 382 g/mol. The minimum Gasteiger partial charge on any atom is -0.477 e. The van der Waals surface area contributed by atoms with Gasteiger partial charge in [-0.1, -0.05) is 0 Å². The van der Waals surface area contributed by atoms with E-state index in [1.54, 1.807) is 23.6 Å². The van der Waals surface area contributed by atoms with Crippen molar-refractivity contribution in [2.24, 2.45) is 0 Å². The third-order valence-electron chi connectivity index (χ3n) is 3.96. The monoisotopic (exact) mass is 401 g/mol. The Morgan fingerprint density at radius 3 is 2.75 bits per heavy atom. The summed E-state index contributed by atoms with van der Waals surface area (Å²) < 4.78 is 0. The largest absolute Gasteiger partial charge is 0.477 e. The van der Waals surface area contributed by atoms with E-state index in [9.17, 15) is 14.4 Å². The first-order chi connectivity index (χ1) is 13.5. The van der Waals surface area contributed by atoms with Gasteiger partial charge in [-0.3, -0.25) is 14.9 Å². The number of aromatic amines is 1. The summed E-state index contributed by atoms with van der Waals surface area (Å²) >= 11 is 1.16. The maximum absolute atomic E-state index is 12.4. The van der Waals surface area contributed by atoms with Crippen LogP contribution in [0.25, 0.3) is 10.9 Å². The standard InChI is InChI=1S/C18H19N5O4S/c1-19-5-2-6-20-16(25)14-9-28-18(22-14)23-15(24)10-3-4-12-11(7-10)8-13(21-12)17(26)27/h3-4,7-9,19,21H,2,5-6H2,1H3,(H,20,25)(H,26,27)(H,22,23,24). The number of hydrogen-bond acceptors (Lipinski definition) is 6. The molecule has 0 fully saturated rings. The predicted octanol–water partition coefficient (Wildman–Crippen LogP) is 1.91. The van der Waals surface area contributed by atoms with Crippen molar-refractivity contribution < 1.29 is 19.5 Å². The number of nitrogens with zero attached hydrogens (tertiary/aromatic N) is 1. The van der Waals surface area contributed by atoms with Crippen molar-refractivity contribution >= 4 is 45.2 Å². The number of fused-ring (bicyclic) bond motifs is 1. The second kappa shape index (κ2) is 8.63. The molecule has 146 valence electrons. The zero-order valence-electron chi connectivity index (χ0n) is 15.0. The van der Waals surface area contributed by atoms with Crippen molar-refractivity contribution in [2.75, 3.05) is 25.5 Å². The van der Waals surface area contributed by atoms with Crippen LogP contribution in [0.1, 0.15) is 37.8 Å². The summed E-state index contributed by atoms with van der Waals surface area (Å²) in [6.07, 6.45) is 0.807. The number of rotatable bonds is 8. The summed E-state index contributed by atoms with van der Waals surface area (Å²) in [6.45, 7) is 1.34. The van der Waals surface area contributed by atoms with Gasteiger partial charge in [-0.15, -0.1) is 11.3 Å². The summed E-state index contributed by atoms with van der Waals surface area (Å²) in [5.41, 5.74) is 1.28. The number of hydrogen-bond donors (Lipinski definition) is 5. The molecule has 3 aromatic rings. The molecule has 0 aliphatic carbocycles. The van der Waals surface area contributed by atoms with Crippen LogP contribution < -0.4 is 16.0 Å². The number of H-pyrrole nitrogens is 1. The third kappa shape index (κ3) is 4.53. The van der Waals surface area contributed by atoms with Crippen LogP contribution in [0.15, 0.2) is 29.6 Å². The molecule has 0 atom stereocenters. The molecule has 9 nitrogen and oxygen atoms in total. The van der Waals surface area contributed by atoms with Crippen LogP contribution in [-0.2, 0) is 0 Å². The van der Waals surface area contributed by atoms with E-state index in [-0.39, 0.29) is 17.3 Å². The van der Waals surface area contributed by atoms with Crippen LogP contribution in [-0.4, -0.2) is 53.0 Å². The Morgan fingerprint density at radius 2 is 2.00 bits per heavy atom. The maximum Gasteiger partial charge on any atom is 0.352 e. The Labute approximate surface area is 164 Å². The number of aromatic nitrogens is 2. The second-order valence-electron chi connectivity index (χ2n) is 6.00. The summed E-state index contributed by atoms with van der Waals surface area (Å²) in [5.74, 6) is -1.75. The van der Waals surface area contributed by atoms with Gasteiger partial charge < -0.3 is 20.7 Å². The van der Waals surface area contributed by atoms with Crippen molar-refractivity contribution in [3.63, 3.8) is 0 Å². The molecule has 3 rings (SSSR count). The topological polar surface area (TPSA) is 136 Å². The molecule has 0 saturated carbocycles.